The van der Waals surface area contributed by atoms with Gasteiger partial charge in [-0.05, 0) is 25.0 Å². The van der Waals surface area contributed by atoms with Crippen molar-refractivity contribution in [2.75, 3.05) is 32.2 Å². The van der Waals surface area contributed by atoms with Gasteiger partial charge >= 0.3 is 0 Å². The van der Waals surface area contributed by atoms with E-state index in [0.717, 1.165) is 43.1 Å². The number of nitrogens with zero attached hydrogens (tertiary/aromatic N) is 1. The first kappa shape index (κ1) is 12.0. The van der Waals surface area contributed by atoms with E-state index in [4.69, 9.17) is 15.2 Å². The molecule has 1 aromatic carbocycles. The molecule has 0 spiro atoms. The van der Waals surface area contributed by atoms with Crippen LogP contribution in [0.25, 0.3) is 0 Å². The van der Waals surface area contributed by atoms with Crippen LogP contribution in [-0.2, 0) is 0 Å². The molecular formula is C13H20N2O2. The van der Waals surface area contributed by atoms with Crippen molar-refractivity contribution < 1.29 is 9.47 Å². The molecule has 0 saturated carbocycles. The summed E-state index contributed by atoms with van der Waals surface area (Å²) in [6.07, 6.45) is 2.06. The zero-order chi connectivity index (χ0) is 12.3. The van der Waals surface area contributed by atoms with Crippen molar-refractivity contribution >= 4 is 5.69 Å². The van der Waals surface area contributed by atoms with E-state index in [1.165, 1.54) is 0 Å². The minimum atomic E-state index is 0.336. The zero-order valence-electron chi connectivity index (χ0n) is 10.5. The van der Waals surface area contributed by atoms with Crippen molar-refractivity contribution in [2.45, 2.75) is 18.9 Å². The summed E-state index contributed by atoms with van der Waals surface area (Å²) in [6, 6.07) is 6.22. The highest BCUT2D eigenvalue weighted by Crippen LogP contribution is 2.33. The van der Waals surface area contributed by atoms with Gasteiger partial charge in [0, 0.05) is 25.2 Å². The Labute approximate surface area is 102 Å². The van der Waals surface area contributed by atoms with Crippen LogP contribution in [0.5, 0.6) is 11.5 Å². The summed E-state index contributed by atoms with van der Waals surface area (Å²) >= 11 is 0. The second kappa shape index (κ2) is 5.27. The molecule has 0 aromatic heterocycles. The molecule has 0 unspecified atom stereocenters. The van der Waals surface area contributed by atoms with Gasteiger partial charge in [-0.2, -0.15) is 0 Å². The summed E-state index contributed by atoms with van der Waals surface area (Å²) in [5.74, 6) is 1.75. The maximum atomic E-state index is 5.92. The van der Waals surface area contributed by atoms with Gasteiger partial charge in [0.05, 0.1) is 19.9 Å². The van der Waals surface area contributed by atoms with E-state index in [1.54, 1.807) is 14.2 Å². The van der Waals surface area contributed by atoms with Gasteiger partial charge in [0.2, 0.25) is 0 Å². The highest BCUT2D eigenvalue weighted by atomic mass is 16.5. The molecule has 0 bridgehead atoms. The topological polar surface area (TPSA) is 47.7 Å². The van der Waals surface area contributed by atoms with E-state index in [0.29, 0.717) is 6.04 Å². The van der Waals surface area contributed by atoms with Crippen LogP contribution in [0.15, 0.2) is 18.2 Å². The summed E-state index contributed by atoms with van der Waals surface area (Å²) in [5, 5.41) is 0. The van der Waals surface area contributed by atoms with Gasteiger partial charge in [-0.3, -0.25) is 0 Å². The highest BCUT2D eigenvalue weighted by molar-refractivity contribution is 5.61. The van der Waals surface area contributed by atoms with Crippen LogP contribution >= 0.6 is 0 Å². The van der Waals surface area contributed by atoms with E-state index < -0.39 is 0 Å². The molecule has 0 aliphatic carbocycles. The average Bonchev–Trinajstić information content (AvgIpc) is 2.39. The summed E-state index contributed by atoms with van der Waals surface area (Å²) in [4.78, 5) is 2.31. The van der Waals surface area contributed by atoms with Crippen molar-refractivity contribution in [1.82, 2.24) is 0 Å². The Morgan fingerprint density at radius 2 is 1.88 bits per heavy atom. The number of ether oxygens (including phenoxy) is 2. The van der Waals surface area contributed by atoms with Crippen LogP contribution in [-0.4, -0.2) is 33.4 Å². The normalized spacial score (nSPS) is 17.0. The molecule has 0 amide bonds. The summed E-state index contributed by atoms with van der Waals surface area (Å²) in [6.45, 7) is 1.95. The molecule has 2 rings (SSSR count). The van der Waals surface area contributed by atoms with Gasteiger partial charge in [-0.25, -0.2) is 0 Å². The van der Waals surface area contributed by atoms with E-state index >= 15 is 0 Å². The highest BCUT2D eigenvalue weighted by Gasteiger charge is 2.19. The molecule has 0 atom stereocenters. The van der Waals surface area contributed by atoms with Gasteiger partial charge in [-0.1, -0.05) is 0 Å². The first-order valence-corrected chi connectivity index (χ1v) is 5.97. The molecular weight excluding hydrogens is 216 g/mol. The maximum absolute atomic E-state index is 5.92. The number of anilines is 1. The Balaban J connectivity index is 2.23. The third-order valence-corrected chi connectivity index (χ3v) is 3.27. The molecule has 4 heteroatoms. The minimum Gasteiger partial charge on any atom is -0.497 e. The minimum absolute atomic E-state index is 0.336. The third kappa shape index (κ3) is 2.64. The molecule has 1 aliphatic rings. The maximum Gasteiger partial charge on any atom is 0.142 e. The Kier molecular flexibility index (Phi) is 3.74. The van der Waals surface area contributed by atoms with Crippen molar-refractivity contribution in [3.8, 4) is 11.5 Å². The number of nitrogens with two attached hydrogens (primary N) is 1. The molecule has 0 radical (unpaired) electrons. The molecule has 1 aliphatic heterocycles. The predicted molar refractivity (Wildman–Crippen MR) is 69.0 cm³/mol. The lowest BCUT2D eigenvalue weighted by atomic mass is 10.1. The Hall–Kier alpha value is -1.42. The van der Waals surface area contributed by atoms with Gasteiger partial charge < -0.3 is 20.1 Å². The molecule has 4 nitrogen and oxygen atoms in total. The third-order valence-electron chi connectivity index (χ3n) is 3.27. The van der Waals surface area contributed by atoms with Crippen LogP contribution in [0, 0.1) is 0 Å². The molecule has 1 fully saturated rings. The fourth-order valence-corrected chi connectivity index (χ4v) is 2.18. The Bertz CT molecular complexity index is 374. The first-order valence-electron chi connectivity index (χ1n) is 5.97. The zero-order valence-corrected chi connectivity index (χ0v) is 10.5. The summed E-state index contributed by atoms with van der Waals surface area (Å²) < 4.78 is 10.7. The Morgan fingerprint density at radius 1 is 1.18 bits per heavy atom. The average molecular weight is 236 g/mol. The first-order chi connectivity index (χ1) is 8.24. The second-order valence-electron chi connectivity index (χ2n) is 4.36. The van der Waals surface area contributed by atoms with Crippen molar-refractivity contribution in [1.29, 1.82) is 0 Å². The van der Waals surface area contributed by atoms with Crippen LogP contribution in [0.3, 0.4) is 0 Å². The van der Waals surface area contributed by atoms with Gasteiger partial charge in [0.1, 0.15) is 11.5 Å². The molecule has 1 saturated heterocycles. The van der Waals surface area contributed by atoms with Crippen molar-refractivity contribution in [3.63, 3.8) is 0 Å². The SMILES string of the molecule is COc1ccc(OC)c(N2CCC(N)CC2)c1. The molecule has 17 heavy (non-hydrogen) atoms. The fourth-order valence-electron chi connectivity index (χ4n) is 2.18. The predicted octanol–water partition coefficient (Wildman–Crippen LogP) is 1.63. The molecule has 1 heterocycles. The quantitative estimate of drug-likeness (QED) is 0.866. The number of hydrogen-bond acceptors (Lipinski definition) is 4. The van der Waals surface area contributed by atoms with Crippen LogP contribution < -0.4 is 20.1 Å². The van der Waals surface area contributed by atoms with Crippen molar-refractivity contribution in [2.24, 2.45) is 5.73 Å². The summed E-state index contributed by atoms with van der Waals surface area (Å²) in [5.41, 5.74) is 7.02. The van der Waals surface area contributed by atoms with E-state index in [9.17, 15) is 0 Å². The number of rotatable bonds is 3. The molecule has 94 valence electrons. The van der Waals surface area contributed by atoms with Crippen LogP contribution in [0.2, 0.25) is 0 Å². The molecule has 2 N–H and O–H groups in total. The van der Waals surface area contributed by atoms with Gasteiger partial charge in [-0.15, -0.1) is 0 Å². The number of piperidine rings is 1. The van der Waals surface area contributed by atoms with E-state index in [-0.39, 0.29) is 0 Å². The van der Waals surface area contributed by atoms with Crippen LogP contribution in [0.4, 0.5) is 5.69 Å². The van der Waals surface area contributed by atoms with Gasteiger partial charge in [0.25, 0.3) is 0 Å². The second-order valence-corrected chi connectivity index (χ2v) is 4.36. The smallest absolute Gasteiger partial charge is 0.142 e. The fraction of sp³-hybridized carbons (Fsp3) is 0.538. The lowest BCUT2D eigenvalue weighted by molar-refractivity contribution is 0.400. The number of hydrogen-bond donors (Lipinski definition) is 1. The standard InChI is InChI=1S/C13H20N2O2/c1-16-11-3-4-13(17-2)12(9-11)15-7-5-10(14)6-8-15/h3-4,9-10H,5-8,14H2,1-2H3. The Morgan fingerprint density at radius 3 is 2.47 bits per heavy atom. The van der Waals surface area contributed by atoms with Gasteiger partial charge in [0.15, 0.2) is 0 Å². The lowest BCUT2D eigenvalue weighted by Crippen LogP contribution is -2.39. The van der Waals surface area contributed by atoms with E-state index in [1.807, 2.05) is 18.2 Å². The number of methoxy groups -OCH3 is 2. The lowest BCUT2D eigenvalue weighted by Gasteiger charge is -2.33. The van der Waals surface area contributed by atoms with Crippen LogP contribution in [0.1, 0.15) is 12.8 Å². The largest absolute Gasteiger partial charge is 0.497 e. The number of benzene rings is 1. The molecule has 1 aromatic rings. The summed E-state index contributed by atoms with van der Waals surface area (Å²) in [7, 11) is 3.37. The van der Waals surface area contributed by atoms with E-state index in [2.05, 4.69) is 4.90 Å². The monoisotopic (exact) mass is 236 g/mol. The van der Waals surface area contributed by atoms with Crippen molar-refractivity contribution in [3.05, 3.63) is 18.2 Å².